The smallest absolute Gasteiger partial charge is 0.311 e. The van der Waals surface area contributed by atoms with Crippen LogP contribution < -0.4 is 4.74 Å². The normalized spacial score (nSPS) is 10.0. The number of nitro benzene ring substituents is 1. The number of hydrogen-bond acceptors (Lipinski definition) is 3. The van der Waals surface area contributed by atoms with Gasteiger partial charge in [-0.1, -0.05) is 6.07 Å². The minimum atomic E-state index is -0.442. The first kappa shape index (κ1) is 11.8. The highest BCUT2D eigenvalue weighted by Crippen LogP contribution is 2.28. The zero-order chi connectivity index (χ0) is 11.3. The van der Waals surface area contributed by atoms with Crippen molar-refractivity contribution in [3.8, 4) is 5.75 Å². The van der Waals surface area contributed by atoms with Gasteiger partial charge in [0.05, 0.1) is 11.5 Å². The summed E-state index contributed by atoms with van der Waals surface area (Å²) in [5, 5.41) is 10.7. The molecule has 0 amide bonds. The van der Waals surface area contributed by atoms with Crippen LogP contribution in [0, 0.1) is 10.1 Å². The predicted octanol–water partition coefficient (Wildman–Crippen LogP) is 2.77. The van der Waals surface area contributed by atoms with E-state index < -0.39 is 4.92 Å². The minimum absolute atomic E-state index is 0.000494. The van der Waals surface area contributed by atoms with Crippen molar-refractivity contribution < 1.29 is 9.66 Å². The number of halogens is 1. The monoisotopic (exact) mass is 229 g/mol. The summed E-state index contributed by atoms with van der Waals surface area (Å²) in [5.74, 6) is 0.756. The molecule has 0 fully saturated rings. The Labute approximate surface area is 93.0 Å². The number of aryl methyl sites for hydroxylation is 1. The van der Waals surface area contributed by atoms with Crippen LogP contribution in [-0.4, -0.2) is 17.4 Å². The quantitative estimate of drug-likeness (QED) is 0.443. The van der Waals surface area contributed by atoms with E-state index in [1.807, 2.05) is 0 Å². The van der Waals surface area contributed by atoms with Gasteiger partial charge in [0.2, 0.25) is 0 Å². The fourth-order valence-electron chi connectivity index (χ4n) is 1.25. The second-order valence-electron chi connectivity index (χ2n) is 2.93. The fourth-order valence-corrected chi connectivity index (χ4v) is 1.47. The zero-order valence-electron chi connectivity index (χ0n) is 8.40. The van der Waals surface area contributed by atoms with Gasteiger partial charge in [-0.05, 0) is 25.0 Å². The van der Waals surface area contributed by atoms with Gasteiger partial charge >= 0.3 is 5.69 Å². The van der Waals surface area contributed by atoms with Crippen LogP contribution in [0.3, 0.4) is 0 Å². The number of benzene rings is 1. The first-order chi connectivity index (χ1) is 7.19. The standard InChI is InChI=1S/C10H12ClNO3/c1-2-15-10-4-3-8(5-6-11)7-9(10)12(13)14/h3-4,7H,2,5-6H2,1H3. The molecule has 0 aromatic heterocycles. The van der Waals surface area contributed by atoms with Crippen molar-refractivity contribution in [2.75, 3.05) is 12.5 Å². The Balaban J connectivity index is 3.03. The summed E-state index contributed by atoms with van der Waals surface area (Å²) in [5.41, 5.74) is 0.847. The maximum absolute atomic E-state index is 10.7. The summed E-state index contributed by atoms with van der Waals surface area (Å²) >= 11 is 5.57. The third-order valence-corrected chi connectivity index (χ3v) is 2.09. The summed E-state index contributed by atoms with van der Waals surface area (Å²) in [7, 11) is 0. The molecule has 0 saturated heterocycles. The van der Waals surface area contributed by atoms with Crippen LogP contribution in [0.15, 0.2) is 18.2 Å². The van der Waals surface area contributed by atoms with Crippen molar-refractivity contribution in [1.29, 1.82) is 0 Å². The van der Waals surface area contributed by atoms with E-state index in [0.29, 0.717) is 24.7 Å². The Bertz CT molecular complexity index is 355. The largest absolute Gasteiger partial charge is 0.487 e. The second kappa shape index (κ2) is 5.56. The molecule has 0 heterocycles. The summed E-state index contributed by atoms with van der Waals surface area (Å²) in [6.07, 6.45) is 0.620. The first-order valence-electron chi connectivity index (χ1n) is 4.65. The highest BCUT2D eigenvalue weighted by molar-refractivity contribution is 6.17. The van der Waals surface area contributed by atoms with Crippen molar-refractivity contribution in [3.05, 3.63) is 33.9 Å². The van der Waals surface area contributed by atoms with Crippen molar-refractivity contribution in [2.24, 2.45) is 0 Å². The molecule has 15 heavy (non-hydrogen) atoms. The summed E-state index contributed by atoms with van der Waals surface area (Å²) in [6.45, 7) is 2.20. The van der Waals surface area contributed by atoms with Gasteiger partial charge in [0.1, 0.15) is 0 Å². The summed E-state index contributed by atoms with van der Waals surface area (Å²) in [4.78, 5) is 10.3. The van der Waals surface area contributed by atoms with Gasteiger partial charge in [-0.25, -0.2) is 0 Å². The van der Waals surface area contributed by atoms with Gasteiger partial charge in [0.25, 0.3) is 0 Å². The molecule has 0 spiro atoms. The maximum Gasteiger partial charge on any atom is 0.311 e. The number of nitrogens with zero attached hydrogens (tertiary/aromatic N) is 1. The SMILES string of the molecule is CCOc1ccc(CCCl)cc1[N+](=O)[O-]. The van der Waals surface area contributed by atoms with E-state index in [9.17, 15) is 10.1 Å². The average Bonchev–Trinajstić information content (AvgIpc) is 2.21. The summed E-state index contributed by atoms with van der Waals surface area (Å²) in [6, 6.07) is 4.91. The molecular weight excluding hydrogens is 218 g/mol. The number of rotatable bonds is 5. The average molecular weight is 230 g/mol. The second-order valence-corrected chi connectivity index (χ2v) is 3.31. The van der Waals surface area contributed by atoms with Crippen molar-refractivity contribution in [2.45, 2.75) is 13.3 Å². The molecule has 1 rings (SSSR count). The van der Waals surface area contributed by atoms with Crippen LogP contribution in [0.4, 0.5) is 5.69 Å². The van der Waals surface area contributed by atoms with Crippen LogP contribution in [0.25, 0.3) is 0 Å². The van der Waals surface area contributed by atoms with Gasteiger partial charge in [0, 0.05) is 11.9 Å². The van der Waals surface area contributed by atoms with Crippen LogP contribution in [-0.2, 0) is 6.42 Å². The molecule has 0 radical (unpaired) electrons. The molecule has 1 aromatic carbocycles. The van der Waals surface area contributed by atoms with Crippen LogP contribution in [0.2, 0.25) is 0 Å². The van der Waals surface area contributed by atoms with E-state index >= 15 is 0 Å². The Hall–Kier alpha value is -1.29. The fraction of sp³-hybridized carbons (Fsp3) is 0.400. The van der Waals surface area contributed by atoms with Gasteiger partial charge < -0.3 is 4.74 Å². The van der Waals surface area contributed by atoms with Crippen molar-refractivity contribution >= 4 is 17.3 Å². The minimum Gasteiger partial charge on any atom is -0.487 e. The molecule has 1 aromatic rings. The third-order valence-electron chi connectivity index (χ3n) is 1.90. The molecular formula is C10H12ClNO3. The number of alkyl halides is 1. The lowest BCUT2D eigenvalue weighted by Crippen LogP contribution is -1.98. The van der Waals surface area contributed by atoms with Crippen molar-refractivity contribution in [1.82, 2.24) is 0 Å². The maximum atomic E-state index is 10.7. The molecule has 0 N–H and O–H groups in total. The molecule has 5 heteroatoms. The molecule has 4 nitrogen and oxygen atoms in total. The molecule has 0 saturated carbocycles. The van der Waals surface area contributed by atoms with Gasteiger partial charge in [-0.2, -0.15) is 0 Å². The van der Waals surface area contributed by atoms with Gasteiger partial charge in [0.15, 0.2) is 5.75 Å². The topological polar surface area (TPSA) is 52.4 Å². The zero-order valence-corrected chi connectivity index (χ0v) is 9.16. The summed E-state index contributed by atoms with van der Waals surface area (Å²) < 4.78 is 5.16. The van der Waals surface area contributed by atoms with Crippen LogP contribution in [0.5, 0.6) is 5.75 Å². The van der Waals surface area contributed by atoms with E-state index in [2.05, 4.69) is 0 Å². The first-order valence-corrected chi connectivity index (χ1v) is 5.18. The number of ether oxygens (including phenoxy) is 1. The Kier molecular flexibility index (Phi) is 4.37. The lowest BCUT2D eigenvalue weighted by atomic mass is 10.1. The predicted molar refractivity (Wildman–Crippen MR) is 58.7 cm³/mol. The molecule has 0 atom stereocenters. The van der Waals surface area contributed by atoms with Crippen LogP contribution in [0.1, 0.15) is 12.5 Å². The van der Waals surface area contributed by atoms with E-state index in [4.69, 9.17) is 16.3 Å². The molecule has 0 aliphatic heterocycles. The molecule has 0 unspecified atom stereocenters. The molecule has 0 aliphatic rings. The molecule has 0 bridgehead atoms. The molecule has 82 valence electrons. The van der Waals surface area contributed by atoms with E-state index in [0.717, 1.165) is 5.56 Å². The lowest BCUT2D eigenvalue weighted by molar-refractivity contribution is -0.385. The van der Waals surface area contributed by atoms with E-state index in [1.54, 1.807) is 19.1 Å². The van der Waals surface area contributed by atoms with E-state index in [-0.39, 0.29) is 5.69 Å². The Morgan fingerprint density at radius 3 is 2.80 bits per heavy atom. The van der Waals surface area contributed by atoms with Gasteiger partial charge in [-0.15, -0.1) is 11.6 Å². The third kappa shape index (κ3) is 3.09. The van der Waals surface area contributed by atoms with Gasteiger partial charge in [-0.3, -0.25) is 10.1 Å². The van der Waals surface area contributed by atoms with E-state index in [1.165, 1.54) is 6.07 Å². The van der Waals surface area contributed by atoms with Crippen LogP contribution >= 0.6 is 11.6 Å². The highest BCUT2D eigenvalue weighted by Gasteiger charge is 2.15. The van der Waals surface area contributed by atoms with Crippen molar-refractivity contribution in [3.63, 3.8) is 0 Å². The number of nitro groups is 1. The Morgan fingerprint density at radius 1 is 1.53 bits per heavy atom. The highest BCUT2D eigenvalue weighted by atomic mass is 35.5. The number of hydrogen-bond donors (Lipinski definition) is 0. The Morgan fingerprint density at radius 2 is 2.27 bits per heavy atom. The molecule has 0 aliphatic carbocycles. The lowest BCUT2D eigenvalue weighted by Gasteiger charge is -2.05.